The Morgan fingerprint density at radius 2 is 1.84 bits per heavy atom. The zero-order valence-corrected chi connectivity index (χ0v) is 20.3. The van der Waals surface area contributed by atoms with Crippen LogP contribution in [0.15, 0.2) is 69.5 Å². The number of hydrogen-bond acceptors (Lipinski definition) is 7. The summed E-state index contributed by atoms with van der Waals surface area (Å²) >= 11 is 4.53. The van der Waals surface area contributed by atoms with Crippen molar-refractivity contribution in [3.8, 4) is 0 Å². The fourth-order valence-electron chi connectivity index (χ4n) is 2.89. The highest BCUT2D eigenvalue weighted by molar-refractivity contribution is 9.10. The van der Waals surface area contributed by atoms with Crippen molar-refractivity contribution in [1.82, 2.24) is 9.79 Å². The van der Waals surface area contributed by atoms with E-state index in [-0.39, 0.29) is 24.3 Å². The van der Waals surface area contributed by atoms with Crippen LogP contribution in [0.3, 0.4) is 0 Å². The van der Waals surface area contributed by atoms with Crippen molar-refractivity contribution in [2.45, 2.75) is 36.3 Å². The molecule has 0 aliphatic carbocycles. The zero-order valence-electron chi connectivity index (χ0n) is 17.1. The van der Waals surface area contributed by atoms with Crippen LogP contribution in [0, 0.1) is 6.92 Å². The lowest BCUT2D eigenvalue weighted by Crippen LogP contribution is -2.54. The number of halogens is 1. The number of hydrogen-bond donors (Lipinski definition) is 1. The first-order chi connectivity index (χ1) is 14.7. The van der Waals surface area contributed by atoms with Gasteiger partial charge in [0.1, 0.15) is 6.61 Å². The molecule has 1 N–H and O–H groups in total. The monoisotopic (exact) mass is 526 g/mol. The van der Waals surface area contributed by atoms with Gasteiger partial charge < -0.3 is 4.74 Å². The van der Waals surface area contributed by atoms with Crippen molar-refractivity contribution in [3.63, 3.8) is 0 Å². The third-order valence-electron chi connectivity index (χ3n) is 4.62. The summed E-state index contributed by atoms with van der Waals surface area (Å²) in [6.07, 6.45) is 1.81. The number of benzene rings is 2. The number of thioether (sulfide) groups is 1. The molecule has 2 aromatic rings. The van der Waals surface area contributed by atoms with Gasteiger partial charge in [-0.2, -0.15) is 4.72 Å². The number of nitrogens with zero attached hydrogens (tertiary/aromatic N) is 1. The quantitative estimate of drug-likeness (QED) is 0.487. The van der Waals surface area contributed by atoms with E-state index in [9.17, 15) is 13.2 Å². The number of sulfonamides is 1. The Morgan fingerprint density at radius 3 is 2.48 bits per heavy atom. The third kappa shape index (κ3) is 6.11. The first kappa shape index (κ1) is 23.8. The van der Waals surface area contributed by atoms with Gasteiger partial charge in [-0.1, -0.05) is 57.5 Å². The van der Waals surface area contributed by atoms with E-state index < -0.39 is 21.0 Å². The molecule has 0 bridgehead atoms. The third-order valence-corrected chi connectivity index (χ3v) is 7.91. The highest BCUT2D eigenvalue weighted by Crippen LogP contribution is 2.40. The highest BCUT2D eigenvalue weighted by Gasteiger charge is 2.44. The van der Waals surface area contributed by atoms with Gasteiger partial charge in [-0.15, -0.1) is 0 Å². The molecule has 0 radical (unpaired) electrons. The molecule has 166 valence electrons. The van der Waals surface area contributed by atoms with Crippen LogP contribution in [0.1, 0.15) is 24.0 Å². The lowest BCUT2D eigenvalue weighted by Gasteiger charge is -2.37. The topological polar surface area (TPSA) is 84.9 Å². The number of rotatable bonds is 9. The van der Waals surface area contributed by atoms with Gasteiger partial charge >= 0.3 is 5.97 Å². The SMILES string of the molecule is COC(=O)CCC1(NS(=O)(=O)c2ccc(Br)cc2)SC=CN1OCc1ccc(C)cc1. The van der Waals surface area contributed by atoms with Crippen LogP contribution in [0.4, 0.5) is 0 Å². The molecule has 1 aliphatic rings. The number of aryl methyl sites for hydroxylation is 1. The van der Waals surface area contributed by atoms with Gasteiger partial charge in [-0.25, -0.2) is 13.5 Å². The van der Waals surface area contributed by atoms with Crippen molar-refractivity contribution in [3.05, 3.63) is 75.7 Å². The Kier molecular flexibility index (Phi) is 7.82. The summed E-state index contributed by atoms with van der Waals surface area (Å²) in [5.74, 6) is -0.437. The van der Waals surface area contributed by atoms with Gasteiger partial charge in [0.25, 0.3) is 0 Å². The minimum atomic E-state index is -3.90. The van der Waals surface area contributed by atoms with E-state index in [1.807, 2.05) is 31.2 Å². The van der Waals surface area contributed by atoms with E-state index >= 15 is 0 Å². The minimum absolute atomic E-state index is 0.0123. The molecule has 0 amide bonds. The van der Waals surface area contributed by atoms with Crippen molar-refractivity contribution in [2.75, 3.05) is 7.11 Å². The van der Waals surface area contributed by atoms with Crippen LogP contribution in [0.25, 0.3) is 0 Å². The highest BCUT2D eigenvalue weighted by atomic mass is 79.9. The lowest BCUT2D eigenvalue weighted by atomic mass is 10.2. The second-order valence-corrected chi connectivity index (χ2v) is 10.7. The van der Waals surface area contributed by atoms with Crippen LogP contribution in [-0.2, 0) is 31.0 Å². The first-order valence-electron chi connectivity index (χ1n) is 9.43. The van der Waals surface area contributed by atoms with E-state index in [0.29, 0.717) is 0 Å². The molecule has 0 saturated heterocycles. The fraction of sp³-hybridized carbons (Fsp3) is 0.286. The number of esters is 1. The van der Waals surface area contributed by atoms with Crippen LogP contribution >= 0.6 is 27.7 Å². The van der Waals surface area contributed by atoms with E-state index in [4.69, 9.17) is 9.57 Å². The average Bonchev–Trinajstić information content (AvgIpc) is 3.13. The minimum Gasteiger partial charge on any atom is -0.469 e. The molecule has 0 fully saturated rings. The number of nitrogens with one attached hydrogen (secondary N) is 1. The molecular weight excluding hydrogens is 504 g/mol. The number of ether oxygens (including phenoxy) is 1. The average molecular weight is 527 g/mol. The van der Waals surface area contributed by atoms with Gasteiger partial charge in [-0.05, 0) is 42.2 Å². The molecule has 0 spiro atoms. The maximum absolute atomic E-state index is 13.1. The Bertz CT molecular complexity index is 1040. The normalized spacial score (nSPS) is 18.4. The summed E-state index contributed by atoms with van der Waals surface area (Å²) in [7, 11) is -2.60. The molecule has 0 saturated carbocycles. The Hall–Kier alpha value is -1.85. The number of carbonyl (C=O) groups is 1. The maximum Gasteiger partial charge on any atom is 0.305 e. The maximum atomic E-state index is 13.1. The molecular formula is C21H23BrN2O5S2. The molecule has 0 aromatic heterocycles. The summed E-state index contributed by atoms with van der Waals surface area (Å²) in [4.78, 5) is 16.6. The van der Waals surface area contributed by atoms with Gasteiger partial charge in [0.15, 0.2) is 4.99 Å². The molecule has 1 aliphatic heterocycles. The largest absolute Gasteiger partial charge is 0.469 e. The van der Waals surface area contributed by atoms with Crippen molar-refractivity contribution >= 4 is 43.7 Å². The zero-order chi connectivity index (χ0) is 22.5. The van der Waals surface area contributed by atoms with Crippen LogP contribution in [0.2, 0.25) is 0 Å². The molecule has 31 heavy (non-hydrogen) atoms. The van der Waals surface area contributed by atoms with E-state index in [0.717, 1.165) is 15.6 Å². The molecule has 2 aromatic carbocycles. The van der Waals surface area contributed by atoms with Crippen LogP contribution in [-0.4, -0.2) is 31.6 Å². The van der Waals surface area contributed by atoms with Gasteiger partial charge in [0.2, 0.25) is 10.0 Å². The van der Waals surface area contributed by atoms with E-state index in [1.54, 1.807) is 23.7 Å². The second kappa shape index (κ2) is 10.2. The van der Waals surface area contributed by atoms with Crippen molar-refractivity contribution < 1.29 is 22.8 Å². The predicted octanol–water partition coefficient (Wildman–Crippen LogP) is 4.29. The predicted molar refractivity (Wildman–Crippen MR) is 123 cm³/mol. The van der Waals surface area contributed by atoms with Gasteiger partial charge in [-0.3, -0.25) is 9.63 Å². The van der Waals surface area contributed by atoms with E-state index in [1.165, 1.54) is 36.1 Å². The molecule has 1 atom stereocenters. The van der Waals surface area contributed by atoms with E-state index in [2.05, 4.69) is 20.7 Å². The smallest absolute Gasteiger partial charge is 0.305 e. The second-order valence-electron chi connectivity index (χ2n) is 6.91. The van der Waals surface area contributed by atoms with Crippen LogP contribution in [0.5, 0.6) is 0 Å². The first-order valence-corrected chi connectivity index (χ1v) is 12.6. The summed E-state index contributed by atoms with van der Waals surface area (Å²) in [5, 5.41) is 3.19. The Labute approximate surface area is 194 Å². The summed E-state index contributed by atoms with van der Waals surface area (Å²) in [5.41, 5.74) is 2.07. The Balaban J connectivity index is 1.83. The molecule has 1 heterocycles. The summed E-state index contributed by atoms with van der Waals surface area (Å²) in [6, 6.07) is 14.2. The molecule has 10 heteroatoms. The molecule has 7 nitrogen and oxygen atoms in total. The van der Waals surface area contributed by atoms with Crippen molar-refractivity contribution in [2.24, 2.45) is 0 Å². The van der Waals surface area contributed by atoms with Gasteiger partial charge in [0, 0.05) is 17.1 Å². The Morgan fingerprint density at radius 1 is 1.16 bits per heavy atom. The number of methoxy groups -OCH3 is 1. The number of hydroxylamine groups is 2. The fourth-order valence-corrected chi connectivity index (χ4v) is 5.74. The van der Waals surface area contributed by atoms with Crippen molar-refractivity contribution in [1.29, 1.82) is 0 Å². The molecule has 3 rings (SSSR count). The standard InChI is InChI=1S/C21H23BrN2O5S2/c1-16-3-5-17(6-4-16)15-29-24-13-14-30-21(24,12-11-20(25)28-2)23-31(26,27)19-9-7-18(22)8-10-19/h3-10,13-14,23H,11-12,15H2,1-2H3. The summed E-state index contributed by atoms with van der Waals surface area (Å²) in [6.45, 7) is 2.24. The lowest BCUT2D eigenvalue weighted by molar-refractivity contribution is -0.173. The molecule has 1 unspecified atom stereocenters. The van der Waals surface area contributed by atoms with Gasteiger partial charge in [0.05, 0.1) is 18.4 Å². The van der Waals surface area contributed by atoms with Crippen LogP contribution < -0.4 is 4.72 Å². The number of carbonyl (C=O) groups excluding carboxylic acids is 1. The summed E-state index contributed by atoms with van der Waals surface area (Å²) < 4.78 is 34.5.